The molecule has 2 N–H and O–H groups in total. The van der Waals surface area contributed by atoms with Gasteiger partial charge < -0.3 is 10.2 Å². The Morgan fingerprint density at radius 3 is 2.69 bits per heavy atom. The predicted octanol–water partition coefficient (Wildman–Crippen LogP) is 5.24. The minimum Gasteiger partial charge on any atom is -0.508 e. The first-order valence-corrected chi connectivity index (χ1v) is 12.1. The monoisotopic (exact) mass is 516 g/mol. The van der Waals surface area contributed by atoms with Crippen LogP contribution in [0.15, 0.2) is 72.4 Å². The molecule has 2 aromatic carbocycles. The lowest BCUT2D eigenvalue weighted by Gasteiger charge is -2.23. The minimum atomic E-state index is -1.03. The average molecular weight is 517 g/mol. The summed E-state index contributed by atoms with van der Waals surface area (Å²) in [6.45, 7) is 1.72. The van der Waals surface area contributed by atoms with Gasteiger partial charge in [0.25, 0.3) is 5.78 Å². The van der Waals surface area contributed by atoms with Crippen molar-refractivity contribution in [1.82, 2.24) is 14.4 Å². The molecule has 1 amide bonds. The maximum absolute atomic E-state index is 13.5. The number of pyridine rings is 1. The van der Waals surface area contributed by atoms with E-state index in [0.717, 1.165) is 4.70 Å². The zero-order valence-corrected chi connectivity index (χ0v) is 20.3. The second kappa shape index (κ2) is 8.18. The summed E-state index contributed by atoms with van der Waals surface area (Å²) in [6, 6.07) is 15.8. The number of hydrogen-bond acceptors (Lipinski definition) is 7. The number of nitrogens with zero attached hydrogens (tertiary/aromatic N) is 4. The fourth-order valence-corrected chi connectivity index (χ4v) is 5.82. The highest BCUT2D eigenvalue weighted by atomic mass is 35.5. The molecule has 1 atom stereocenters. The smallest absolute Gasteiger partial charge is 0.301 e. The quantitative estimate of drug-likeness (QED) is 0.193. The van der Waals surface area contributed by atoms with Gasteiger partial charge in [0.2, 0.25) is 0 Å². The molecule has 6 rings (SSSR count). The van der Waals surface area contributed by atoms with Crippen LogP contribution >= 0.6 is 22.9 Å². The standard InChI is InChI=1S/C26H17ClN4O4S/c1-13-21(30-10-3-2-7-19(30)28-13)23(33)20-22(14-5-4-6-16(32)11-14)31(25(35)24(20)34)26-29-17-9-8-15(27)12-18(17)36-26/h2-12,22,32-33H,1H3/b23-20+. The number of hydrogen-bond donors (Lipinski definition) is 2. The van der Waals surface area contributed by atoms with Crippen LogP contribution < -0.4 is 4.90 Å². The number of Topliss-reactive ketones (excluding diaryl/α,β-unsaturated/α-hetero) is 1. The van der Waals surface area contributed by atoms with Crippen LogP contribution in [0.3, 0.4) is 0 Å². The zero-order chi connectivity index (χ0) is 25.1. The lowest BCUT2D eigenvalue weighted by Crippen LogP contribution is -2.29. The first-order valence-electron chi connectivity index (χ1n) is 10.9. The summed E-state index contributed by atoms with van der Waals surface area (Å²) >= 11 is 7.34. The van der Waals surface area contributed by atoms with Crippen molar-refractivity contribution in [2.75, 3.05) is 4.90 Å². The Hall–Kier alpha value is -4.21. The molecule has 4 heterocycles. The Morgan fingerprint density at radius 1 is 1.06 bits per heavy atom. The van der Waals surface area contributed by atoms with Gasteiger partial charge in [-0.15, -0.1) is 0 Å². The normalized spacial score (nSPS) is 17.5. The van der Waals surface area contributed by atoms with E-state index in [1.807, 2.05) is 6.07 Å². The summed E-state index contributed by atoms with van der Waals surface area (Å²) in [5.74, 6) is -2.09. The molecule has 36 heavy (non-hydrogen) atoms. The van der Waals surface area contributed by atoms with Crippen LogP contribution in [0, 0.1) is 6.92 Å². The third kappa shape index (κ3) is 3.35. The largest absolute Gasteiger partial charge is 0.508 e. The summed E-state index contributed by atoms with van der Waals surface area (Å²) in [5.41, 5.74) is 2.34. The van der Waals surface area contributed by atoms with E-state index in [9.17, 15) is 19.8 Å². The first kappa shape index (κ1) is 22.3. The SMILES string of the molecule is Cc1nc2ccccn2c1/C(O)=C1\C(=O)C(=O)N(c2nc3ccc(Cl)cc3s2)C1c1cccc(O)c1. The molecule has 0 aliphatic carbocycles. The van der Waals surface area contributed by atoms with Gasteiger partial charge in [0.15, 0.2) is 10.9 Å². The third-order valence-corrected chi connectivity index (χ3v) is 7.36. The molecule has 8 nitrogen and oxygen atoms in total. The number of ketones is 1. The zero-order valence-electron chi connectivity index (χ0n) is 18.7. The second-order valence-electron chi connectivity index (χ2n) is 8.35. The number of aliphatic hydroxyl groups excluding tert-OH is 1. The molecule has 0 bridgehead atoms. The molecule has 0 spiro atoms. The van der Waals surface area contributed by atoms with Gasteiger partial charge in [-0.1, -0.05) is 41.1 Å². The molecular formula is C26H17ClN4O4S. The number of benzene rings is 2. The van der Waals surface area contributed by atoms with E-state index >= 15 is 0 Å². The van der Waals surface area contributed by atoms with Crippen LogP contribution in [0.1, 0.15) is 23.0 Å². The number of fused-ring (bicyclic) bond motifs is 2. The summed E-state index contributed by atoms with van der Waals surface area (Å²) in [4.78, 5) is 37.2. The number of amides is 1. The number of carbonyl (C=O) groups is 2. The van der Waals surface area contributed by atoms with Crippen molar-refractivity contribution in [3.63, 3.8) is 0 Å². The number of thiazole rings is 1. The van der Waals surface area contributed by atoms with Gasteiger partial charge in [-0.25, -0.2) is 9.97 Å². The van der Waals surface area contributed by atoms with Gasteiger partial charge in [0.1, 0.15) is 17.1 Å². The topological polar surface area (TPSA) is 108 Å². The van der Waals surface area contributed by atoms with Crippen LogP contribution in [0.2, 0.25) is 5.02 Å². The first-order chi connectivity index (χ1) is 17.3. The maximum Gasteiger partial charge on any atom is 0.301 e. The van der Waals surface area contributed by atoms with Crippen LogP contribution in [0.4, 0.5) is 5.13 Å². The van der Waals surface area contributed by atoms with Crippen LogP contribution in [-0.2, 0) is 9.59 Å². The highest BCUT2D eigenvalue weighted by molar-refractivity contribution is 7.22. The lowest BCUT2D eigenvalue weighted by atomic mass is 9.96. The number of aliphatic hydroxyl groups is 1. The van der Waals surface area contributed by atoms with Crippen molar-refractivity contribution in [2.24, 2.45) is 0 Å². The minimum absolute atomic E-state index is 0.0415. The molecule has 5 aromatic rings. The van der Waals surface area contributed by atoms with Crippen LogP contribution in [0.5, 0.6) is 5.75 Å². The number of carbonyl (C=O) groups excluding carboxylic acids is 2. The van der Waals surface area contributed by atoms with E-state index in [1.165, 1.54) is 28.4 Å². The van der Waals surface area contributed by atoms with Crippen molar-refractivity contribution in [3.05, 3.63) is 94.4 Å². The Labute approximate surface area is 213 Å². The Balaban J connectivity index is 1.62. The van der Waals surface area contributed by atoms with Gasteiger partial charge in [-0.3, -0.25) is 18.9 Å². The number of anilines is 1. The molecule has 1 aliphatic rings. The highest BCUT2D eigenvalue weighted by Crippen LogP contribution is 2.45. The Bertz CT molecular complexity index is 1760. The summed E-state index contributed by atoms with van der Waals surface area (Å²) in [7, 11) is 0. The van der Waals surface area contributed by atoms with E-state index in [-0.39, 0.29) is 22.2 Å². The second-order valence-corrected chi connectivity index (χ2v) is 9.79. The molecule has 0 radical (unpaired) electrons. The average Bonchev–Trinajstić information content (AvgIpc) is 3.49. The van der Waals surface area contributed by atoms with Gasteiger partial charge in [0, 0.05) is 11.2 Å². The summed E-state index contributed by atoms with van der Waals surface area (Å²) in [6.07, 6.45) is 1.72. The molecular weight excluding hydrogens is 500 g/mol. The molecule has 10 heteroatoms. The molecule has 1 fully saturated rings. The molecule has 178 valence electrons. The predicted molar refractivity (Wildman–Crippen MR) is 137 cm³/mol. The van der Waals surface area contributed by atoms with Crippen molar-refractivity contribution in [2.45, 2.75) is 13.0 Å². The van der Waals surface area contributed by atoms with Crippen LogP contribution in [0.25, 0.3) is 21.6 Å². The van der Waals surface area contributed by atoms with E-state index in [4.69, 9.17) is 11.6 Å². The number of phenols is 1. The van der Waals surface area contributed by atoms with Gasteiger partial charge in [-0.2, -0.15) is 0 Å². The fourth-order valence-electron chi connectivity index (χ4n) is 4.56. The van der Waals surface area contributed by atoms with Crippen molar-refractivity contribution in [3.8, 4) is 5.75 Å². The van der Waals surface area contributed by atoms with E-state index in [0.29, 0.717) is 33.1 Å². The Kier molecular flexibility index (Phi) is 5.06. The molecule has 0 saturated carbocycles. The van der Waals surface area contributed by atoms with E-state index in [2.05, 4.69) is 9.97 Å². The van der Waals surface area contributed by atoms with Crippen molar-refractivity contribution < 1.29 is 19.8 Å². The Morgan fingerprint density at radius 2 is 1.89 bits per heavy atom. The number of phenolic OH excluding ortho intramolecular Hbond substituents is 1. The number of imidazole rings is 1. The number of aromatic hydroxyl groups is 1. The van der Waals surface area contributed by atoms with E-state index < -0.39 is 17.7 Å². The highest BCUT2D eigenvalue weighted by Gasteiger charge is 2.48. The number of aromatic nitrogens is 3. The lowest BCUT2D eigenvalue weighted by molar-refractivity contribution is -0.132. The number of aryl methyl sites for hydroxylation is 1. The van der Waals surface area contributed by atoms with Crippen molar-refractivity contribution >= 4 is 61.4 Å². The van der Waals surface area contributed by atoms with Crippen molar-refractivity contribution in [1.29, 1.82) is 0 Å². The van der Waals surface area contributed by atoms with Crippen LogP contribution in [-0.4, -0.2) is 36.3 Å². The molecule has 1 saturated heterocycles. The molecule has 1 aliphatic heterocycles. The fraction of sp³-hybridized carbons (Fsp3) is 0.0769. The number of halogens is 1. The van der Waals surface area contributed by atoms with Gasteiger partial charge in [0.05, 0.1) is 27.5 Å². The number of rotatable bonds is 3. The van der Waals surface area contributed by atoms with Gasteiger partial charge in [-0.05, 0) is 55.0 Å². The summed E-state index contributed by atoms with van der Waals surface area (Å²) < 4.78 is 2.41. The van der Waals surface area contributed by atoms with E-state index in [1.54, 1.807) is 60.0 Å². The van der Waals surface area contributed by atoms with Gasteiger partial charge >= 0.3 is 5.91 Å². The summed E-state index contributed by atoms with van der Waals surface area (Å²) in [5, 5.41) is 22.5. The molecule has 1 unspecified atom stereocenters. The maximum atomic E-state index is 13.5. The third-order valence-electron chi connectivity index (χ3n) is 6.10. The molecule has 3 aromatic heterocycles.